The fraction of sp³-hybridized carbons (Fsp3) is 0.467. The number of anilines is 2. The van der Waals surface area contributed by atoms with Crippen molar-refractivity contribution in [2.45, 2.75) is 86.7 Å². The Balaban J connectivity index is 0.000000178. The number of sulfonamides is 3. The summed E-state index contributed by atoms with van der Waals surface area (Å²) < 4.78 is 82.9. The summed E-state index contributed by atoms with van der Waals surface area (Å²) >= 11 is 0. The highest BCUT2D eigenvalue weighted by molar-refractivity contribution is 7.90. The van der Waals surface area contributed by atoms with Gasteiger partial charge in [-0.1, -0.05) is 48.5 Å². The molecule has 4 aromatic heterocycles. The van der Waals surface area contributed by atoms with E-state index >= 15 is 0 Å². The van der Waals surface area contributed by atoms with Crippen LogP contribution in [0.5, 0.6) is 0 Å². The maximum absolute atomic E-state index is 12.7. The lowest BCUT2D eigenvalue weighted by Gasteiger charge is -2.35. The van der Waals surface area contributed by atoms with E-state index in [9.17, 15) is 25.3 Å². The number of rotatable bonds is 17. The molecule has 20 heteroatoms. The highest BCUT2D eigenvalue weighted by Crippen LogP contribution is 2.41. The number of fused-ring (bicyclic) bond motifs is 2. The lowest BCUT2D eigenvalue weighted by molar-refractivity contribution is 0.340. The smallest absolute Gasteiger partial charge is 0.240 e. The third kappa shape index (κ3) is 11.9. The number of aromatic amines is 2. The van der Waals surface area contributed by atoms with E-state index in [1.54, 1.807) is 30.9 Å². The van der Waals surface area contributed by atoms with Crippen molar-refractivity contribution in [3.8, 4) is 0 Å². The molecule has 5 N–H and O–H groups in total. The van der Waals surface area contributed by atoms with Gasteiger partial charge >= 0.3 is 0 Å². The molecule has 65 heavy (non-hydrogen) atoms. The van der Waals surface area contributed by atoms with Crippen LogP contribution >= 0.6 is 0 Å². The molecule has 348 valence electrons. The zero-order valence-corrected chi connectivity index (χ0v) is 39.2. The number of hydrogen-bond donors (Lipinski definition) is 5. The van der Waals surface area contributed by atoms with Crippen LogP contribution in [0.15, 0.2) is 103 Å². The van der Waals surface area contributed by atoms with Crippen molar-refractivity contribution in [1.82, 2.24) is 44.1 Å². The van der Waals surface area contributed by atoms with Gasteiger partial charge in [0.25, 0.3) is 0 Å². The minimum absolute atomic E-state index is 0.00680. The largest absolute Gasteiger partial charge is 0.356 e. The van der Waals surface area contributed by atoms with Gasteiger partial charge in [0.1, 0.15) is 35.6 Å². The van der Waals surface area contributed by atoms with Crippen LogP contribution in [0.4, 0.5) is 11.6 Å². The normalized spacial score (nSPS) is 22.6. The van der Waals surface area contributed by atoms with Crippen molar-refractivity contribution in [2.24, 2.45) is 11.8 Å². The molecule has 0 radical (unpaired) electrons. The number of nitrogens with zero attached hydrogens (tertiary/aromatic N) is 6. The van der Waals surface area contributed by atoms with E-state index in [4.69, 9.17) is 0 Å². The molecule has 2 aromatic carbocycles. The first-order chi connectivity index (χ1) is 31.3. The molecule has 0 amide bonds. The zero-order valence-electron chi connectivity index (χ0n) is 36.8. The molecule has 0 saturated heterocycles. The van der Waals surface area contributed by atoms with Crippen LogP contribution in [0.2, 0.25) is 0 Å². The second-order valence-corrected chi connectivity index (χ2v) is 23.0. The van der Waals surface area contributed by atoms with Gasteiger partial charge in [0.2, 0.25) is 30.1 Å². The summed E-state index contributed by atoms with van der Waals surface area (Å²) in [6.07, 6.45) is 14.9. The molecule has 17 nitrogen and oxygen atoms in total. The fourth-order valence-electron chi connectivity index (χ4n) is 9.45. The van der Waals surface area contributed by atoms with Gasteiger partial charge in [0.15, 0.2) is 0 Å². The van der Waals surface area contributed by atoms with Gasteiger partial charge < -0.3 is 19.8 Å². The molecule has 0 unspecified atom stereocenters. The van der Waals surface area contributed by atoms with Gasteiger partial charge in [-0.15, -0.1) is 0 Å². The molecule has 6 aromatic rings. The molecular weight excluding hydrogens is 887 g/mol. The molecule has 9 rings (SSSR count). The van der Waals surface area contributed by atoms with Crippen LogP contribution in [-0.2, 0) is 30.1 Å². The van der Waals surface area contributed by atoms with E-state index in [2.05, 4.69) is 73.1 Å². The summed E-state index contributed by atoms with van der Waals surface area (Å²) in [7, 11) is -6.31. The molecule has 3 fully saturated rings. The Kier molecular flexibility index (Phi) is 14.5. The molecule has 3 saturated carbocycles. The summed E-state index contributed by atoms with van der Waals surface area (Å²) in [5, 5.41) is 2.00. The monoisotopic (exact) mass is 945 g/mol. The highest BCUT2D eigenvalue weighted by atomic mass is 32.2. The van der Waals surface area contributed by atoms with Crippen molar-refractivity contribution in [3.05, 3.63) is 103 Å². The van der Waals surface area contributed by atoms with Crippen molar-refractivity contribution in [3.63, 3.8) is 0 Å². The Morgan fingerprint density at radius 2 is 1.06 bits per heavy atom. The van der Waals surface area contributed by atoms with Gasteiger partial charge in [-0.3, -0.25) is 0 Å². The SMILES string of the molecule is CN(c1ncnc2[nH]ccc12)C1CCC(CS(=O)(=O)NCCNS(=O)(=O)c2ccccc2)CC1.CN(c1ncnc2[nH]ccc12)C1CCC(CS(=O)(=O)N[C@H]2C[C@@H]2c2ccccc2)CC1. The number of benzene rings is 2. The summed E-state index contributed by atoms with van der Waals surface area (Å²) in [4.78, 5) is 28.2. The number of H-pyrrole nitrogens is 2. The van der Waals surface area contributed by atoms with Gasteiger partial charge in [-0.05, 0) is 99.5 Å². The van der Waals surface area contributed by atoms with Crippen molar-refractivity contribution < 1.29 is 25.3 Å². The van der Waals surface area contributed by atoms with Crippen LogP contribution < -0.4 is 24.0 Å². The third-order valence-electron chi connectivity index (χ3n) is 13.1. The average molecular weight is 946 g/mol. The Labute approximate surface area is 381 Å². The van der Waals surface area contributed by atoms with Gasteiger partial charge in [-0.25, -0.2) is 59.4 Å². The highest BCUT2D eigenvalue weighted by Gasteiger charge is 2.41. The Morgan fingerprint density at radius 1 is 0.585 bits per heavy atom. The van der Waals surface area contributed by atoms with E-state index in [-0.39, 0.29) is 53.4 Å². The van der Waals surface area contributed by atoms with Crippen LogP contribution in [0.25, 0.3) is 22.1 Å². The molecule has 0 aliphatic heterocycles. The maximum Gasteiger partial charge on any atom is 0.240 e. The molecule has 0 spiro atoms. The minimum atomic E-state index is -3.65. The van der Waals surface area contributed by atoms with Gasteiger partial charge in [0.05, 0.1) is 27.2 Å². The van der Waals surface area contributed by atoms with E-state index in [1.807, 2.05) is 49.8 Å². The van der Waals surface area contributed by atoms with E-state index in [1.165, 1.54) is 17.7 Å². The summed E-state index contributed by atoms with van der Waals surface area (Å²) in [5.74, 6) is 2.70. The molecule has 3 aliphatic carbocycles. The zero-order chi connectivity index (χ0) is 45.6. The fourth-order valence-corrected chi connectivity index (χ4v) is 13.8. The average Bonchev–Trinajstić information content (AvgIpc) is 3.62. The molecule has 3 aliphatic rings. The third-order valence-corrected chi connectivity index (χ3v) is 17.7. The van der Waals surface area contributed by atoms with Crippen LogP contribution in [0.3, 0.4) is 0 Å². The van der Waals surface area contributed by atoms with Gasteiger partial charge in [-0.2, -0.15) is 0 Å². The number of hydrogen-bond acceptors (Lipinski definition) is 12. The Morgan fingerprint density at radius 3 is 1.58 bits per heavy atom. The minimum Gasteiger partial charge on any atom is -0.356 e. The first-order valence-electron chi connectivity index (χ1n) is 22.3. The molecule has 4 heterocycles. The predicted octanol–water partition coefficient (Wildman–Crippen LogP) is 5.28. The number of nitrogens with one attached hydrogen (secondary N) is 5. The van der Waals surface area contributed by atoms with E-state index < -0.39 is 30.1 Å². The van der Waals surface area contributed by atoms with Crippen LogP contribution in [0, 0.1) is 11.8 Å². The Bertz CT molecular complexity index is 2830. The maximum atomic E-state index is 12.7. The predicted molar refractivity (Wildman–Crippen MR) is 254 cm³/mol. The van der Waals surface area contributed by atoms with Crippen LogP contribution in [-0.4, -0.2) is 112 Å². The summed E-state index contributed by atoms with van der Waals surface area (Å²) in [6.45, 7) is -0.00654. The quantitative estimate of drug-likeness (QED) is 0.0737. The molecule has 0 bridgehead atoms. The number of aromatic nitrogens is 6. The lowest BCUT2D eigenvalue weighted by atomic mass is 9.86. The van der Waals surface area contributed by atoms with Crippen molar-refractivity contribution in [2.75, 3.05) is 48.5 Å². The van der Waals surface area contributed by atoms with Gasteiger partial charge in [0, 0.05) is 63.6 Å². The second kappa shape index (κ2) is 20.3. The van der Waals surface area contributed by atoms with E-state index in [0.29, 0.717) is 12.0 Å². The van der Waals surface area contributed by atoms with Crippen molar-refractivity contribution >= 4 is 63.8 Å². The molecule has 2 atom stereocenters. The summed E-state index contributed by atoms with van der Waals surface area (Å²) in [5.41, 5.74) is 2.87. The van der Waals surface area contributed by atoms with Crippen LogP contribution in [0.1, 0.15) is 69.3 Å². The molecular formula is C45H59N11O6S3. The standard InChI is InChI=1S/C23H29N5O2S.C22H30N6O4S2/c1-28(23-19-11-12-24-22(19)25-15-26-23)18-9-7-16(8-10-18)14-31(29,30)27-21-13-20(21)17-5-3-2-4-6-17;1-28(22-20-11-12-23-21(20)24-16-25-22)18-9-7-17(8-10-18)15-33(29,30)26-13-14-27-34(31,32)19-5-3-2-4-6-19/h2-6,11-12,15-16,18,20-21,27H,7-10,13-14H2,1H3,(H,24,25,26);2-6,11-12,16-18,26-27H,7-10,13-15H2,1H3,(H,23,24,25)/t16?,18?,20-,21+;/m1./s1. The van der Waals surface area contributed by atoms with E-state index in [0.717, 1.165) is 91.5 Å². The topological polar surface area (TPSA) is 228 Å². The second-order valence-electron chi connectivity index (χ2n) is 17.6. The summed E-state index contributed by atoms with van der Waals surface area (Å²) in [6, 6.07) is 22.8. The first-order valence-corrected chi connectivity index (χ1v) is 27.1. The Hall–Kier alpha value is -4.99. The lowest BCUT2D eigenvalue weighted by Crippen LogP contribution is -2.39. The van der Waals surface area contributed by atoms with Crippen molar-refractivity contribution in [1.29, 1.82) is 0 Å². The first kappa shape index (κ1) is 46.5.